The highest BCUT2D eigenvalue weighted by atomic mass is 16.4. The summed E-state index contributed by atoms with van der Waals surface area (Å²) in [6.07, 6.45) is 10.4. The third kappa shape index (κ3) is 3.80. The van der Waals surface area contributed by atoms with E-state index in [1.807, 2.05) is 0 Å². The quantitative estimate of drug-likeness (QED) is 0.876. The van der Waals surface area contributed by atoms with Crippen molar-refractivity contribution in [2.24, 2.45) is 7.05 Å². The summed E-state index contributed by atoms with van der Waals surface area (Å²) in [4.78, 5) is 11.1. The van der Waals surface area contributed by atoms with E-state index in [1.54, 1.807) is 11.7 Å². The Balaban J connectivity index is 1.93. The molecule has 0 aliphatic heterocycles. The highest BCUT2D eigenvalue weighted by Gasteiger charge is 2.17. The molecular weight excluding hydrogens is 242 g/mol. The van der Waals surface area contributed by atoms with Gasteiger partial charge in [0.05, 0.1) is 11.9 Å². The predicted molar refractivity (Wildman–Crippen MR) is 73.1 cm³/mol. The van der Waals surface area contributed by atoms with Crippen LogP contribution in [0.5, 0.6) is 0 Å². The van der Waals surface area contributed by atoms with E-state index in [0.717, 1.165) is 5.69 Å². The van der Waals surface area contributed by atoms with Crippen LogP contribution in [0, 0.1) is 0 Å². The third-order valence-corrected chi connectivity index (χ3v) is 3.96. The van der Waals surface area contributed by atoms with E-state index in [1.165, 1.54) is 51.1 Å². The topological polar surface area (TPSA) is 67.2 Å². The number of nitrogens with one attached hydrogen (secondary N) is 1. The van der Waals surface area contributed by atoms with E-state index >= 15 is 0 Å². The Hall–Kier alpha value is -1.36. The molecule has 1 fully saturated rings. The fourth-order valence-corrected chi connectivity index (χ4v) is 2.75. The molecule has 0 unspecified atom stereocenters. The zero-order valence-corrected chi connectivity index (χ0v) is 11.6. The van der Waals surface area contributed by atoms with Crippen molar-refractivity contribution in [1.82, 2.24) is 15.1 Å². The lowest BCUT2D eigenvalue weighted by molar-refractivity contribution is 0.0695. The molecule has 5 nitrogen and oxygen atoms in total. The zero-order chi connectivity index (χ0) is 13.7. The fraction of sp³-hybridized carbons (Fsp3) is 0.714. The summed E-state index contributed by atoms with van der Waals surface area (Å²) in [5.41, 5.74) is 1.07. The molecule has 1 heterocycles. The molecule has 106 valence electrons. The summed E-state index contributed by atoms with van der Waals surface area (Å²) in [6.45, 7) is 0.586. The van der Waals surface area contributed by atoms with Crippen LogP contribution in [0.1, 0.15) is 61.0 Å². The van der Waals surface area contributed by atoms with Gasteiger partial charge in [-0.15, -0.1) is 0 Å². The Morgan fingerprint density at radius 3 is 2.63 bits per heavy atom. The summed E-state index contributed by atoms with van der Waals surface area (Å²) < 4.78 is 1.65. The Kier molecular flexibility index (Phi) is 4.96. The molecule has 1 aromatic rings. The van der Waals surface area contributed by atoms with Gasteiger partial charge >= 0.3 is 5.97 Å². The number of hydrogen-bond acceptors (Lipinski definition) is 3. The van der Waals surface area contributed by atoms with Crippen molar-refractivity contribution in [3.05, 3.63) is 17.5 Å². The molecule has 0 bridgehead atoms. The monoisotopic (exact) mass is 265 g/mol. The molecule has 0 atom stereocenters. The first-order chi connectivity index (χ1) is 9.18. The maximum absolute atomic E-state index is 11.1. The van der Waals surface area contributed by atoms with Crippen LogP contribution in [-0.2, 0) is 13.6 Å². The average molecular weight is 265 g/mol. The Morgan fingerprint density at radius 1 is 1.37 bits per heavy atom. The Bertz CT molecular complexity index is 420. The summed E-state index contributed by atoms with van der Waals surface area (Å²) in [7, 11) is 1.79. The minimum atomic E-state index is -0.900. The first-order valence-electron chi connectivity index (χ1n) is 7.16. The van der Waals surface area contributed by atoms with Gasteiger partial charge in [-0.25, -0.2) is 4.79 Å². The van der Waals surface area contributed by atoms with Crippen LogP contribution in [0.3, 0.4) is 0 Å². The molecule has 0 amide bonds. The summed E-state index contributed by atoms with van der Waals surface area (Å²) in [5.74, 6) is -0.900. The first kappa shape index (κ1) is 14.1. The second kappa shape index (κ2) is 6.70. The van der Waals surface area contributed by atoms with Crippen LogP contribution >= 0.6 is 0 Å². The Morgan fingerprint density at radius 2 is 2.00 bits per heavy atom. The summed E-state index contributed by atoms with van der Waals surface area (Å²) in [5, 5.41) is 16.7. The molecule has 0 aromatic carbocycles. The van der Waals surface area contributed by atoms with Gasteiger partial charge < -0.3 is 10.4 Å². The zero-order valence-electron chi connectivity index (χ0n) is 11.6. The van der Waals surface area contributed by atoms with Gasteiger partial charge in [-0.3, -0.25) is 4.68 Å². The molecule has 0 saturated heterocycles. The molecule has 0 radical (unpaired) electrons. The van der Waals surface area contributed by atoms with Crippen molar-refractivity contribution >= 4 is 5.97 Å². The van der Waals surface area contributed by atoms with Gasteiger partial charge in [0.1, 0.15) is 5.56 Å². The molecule has 2 rings (SSSR count). The minimum absolute atomic E-state index is 0.306. The van der Waals surface area contributed by atoms with E-state index in [2.05, 4.69) is 10.4 Å². The van der Waals surface area contributed by atoms with Gasteiger partial charge in [-0.1, -0.05) is 32.1 Å². The highest BCUT2D eigenvalue weighted by Crippen LogP contribution is 2.18. The van der Waals surface area contributed by atoms with Crippen LogP contribution < -0.4 is 5.32 Å². The third-order valence-electron chi connectivity index (χ3n) is 3.96. The van der Waals surface area contributed by atoms with Crippen molar-refractivity contribution in [2.75, 3.05) is 0 Å². The average Bonchev–Trinajstić information content (AvgIpc) is 2.69. The van der Waals surface area contributed by atoms with Crippen molar-refractivity contribution in [3.63, 3.8) is 0 Å². The molecule has 1 aliphatic rings. The normalized spacial score (nSPS) is 17.9. The van der Waals surface area contributed by atoms with Gasteiger partial charge in [-0.05, 0) is 12.8 Å². The van der Waals surface area contributed by atoms with E-state index in [0.29, 0.717) is 18.2 Å². The first-order valence-corrected chi connectivity index (χ1v) is 7.16. The number of aromatic nitrogens is 2. The van der Waals surface area contributed by atoms with Crippen molar-refractivity contribution in [2.45, 2.75) is 57.5 Å². The van der Waals surface area contributed by atoms with Gasteiger partial charge in [0.15, 0.2) is 0 Å². The van der Waals surface area contributed by atoms with Gasteiger partial charge in [-0.2, -0.15) is 5.10 Å². The van der Waals surface area contributed by atoms with E-state index in [-0.39, 0.29) is 0 Å². The fourth-order valence-electron chi connectivity index (χ4n) is 2.75. The van der Waals surface area contributed by atoms with Crippen LogP contribution in [0.25, 0.3) is 0 Å². The molecule has 1 aromatic heterocycles. The van der Waals surface area contributed by atoms with Gasteiger partial charge in [0, 0.05) is 19.6 Å². The number of carboxylic acid groups (broad SMARTS) is 1. The SMILES string of the molecule is Cn1ncc(C(=O)O)c1CNC1CCCCCCC1. The minimum Gasteiger partial charge on any atom is -0.478 e. The van der Waals surface area contributed by atoms with E-state index < -0.39 is 5.97 Å². The molecule has 5 heteroatoms. The second-order valence-electron chi connectivity index (χ2n) is 5.36. The lowest BCUT2D eigenvalue weighted by Gasteiger charge is -2.21. The lowest BCUT2D eigenvalue weighted by atomic mass is 9.96. The Labute approximate surface area is 114 Å². The van der Waals surface area contributed by atoms with Gasteiger partial charge in [0.25, 0.3) is 0 Å². The maximum atomic E-state index is 11.1. The van der Waals surface area contributed by atoms with Crippen LogP contribution in [0.4, 0.5) is 0 Å². The molecule has 1 saturated carbocycles. The van der Waals surface area contributed by atoms with Crippen LogP contribution in [0.2, 0.25) is 0 Å². The van der Waals surface area contributed by atoms with Crippen molar-refractivity contribution < 1.29 is 9.90 Å². The van der Waals surface area contributed by atoms with Crippen LogP contribution in [-0.4, -0.2) is 26.9 Å². The van der Waals surface area contributed by atoms with Crippen molar-refractivity contribution in [3.8, 4) is 0 Å². The molecule has 1 aliphatic carbocycles. The predicted octanol–water partition coefficient (Wildman–Crippen LogP) is 2.32. The standard InChI is InChI=1S/C14H23N3O2/c1-17-13(12(9-16-17)14(18)19)10-15-11-7-5-3-2-4-6-8-11/h9,11,15H,2-8,10H2,1H3,(H,18,19). The second-order valence-corrected chi connectivity index (χ2v) is 5.36. The van der Waals surface area contributed by atoms with Crippen LogP contribution in [0.15, 0.2) is 6.20 Å². The smallest absolute Gasteiger partial charge is 0.339 e. The maximum Gasteiger partial charge on any atom is 0.339 e. The highest BCUT2D eigenvalue weighted by molar-refractivity contribution is 5.88. The van der Waals surface area contributed by atoms with E-state index in [9.17, 15) is 4.79 Å². The summed E-state index contributed by atoms with van der Waals surface area (Å²) in [6, 6.07) is 0.511. The number of aryl methyl sites for hydroxylation is 1. The number of rotatable bonds is 4. The number of hydrogen-bond donors (Lipinski definition) is 2. The number of nitrogens with zero attached hydrogens (tertiary/aromatic N) is 2. The van der Waals surface area contributed by atoms with Gasteiger partial charge in [0.2, 0.25) is 0 Å². The lowest BCUT2D eigenvalue weighted by Crippen LogP contribution is -2.30. The molecular formula is C14H23N3O2. The molecule has 0 spiro atoms. The number of carboxylic acids is 1. The largest absolute Gasteiger partial charge is 0.478 e. The van der Waals surface area contributed by atoms with Crippen molar-refractivity contribution in [1.29, 1.82) is 0 Å². The molecule has 2 N–H and O–H groups in total. The summed E-state index contributed by atoms with van der Waals surface area (Å²) >= 11 is 0. The number of aromatic carboxylic acids is 1. The van der Waals surface area contributed by atoms with E-state index in [4.69, 9.17) is 5.11 Å². The number of carbonyl (C=O) groups is 1. The molecule has 19 heavy (non-hydrogen) atoms.